The van der Waals surface area contributed by atoms with Gasteiger partial charge < -0.3 is 14.2 Å². The molecule has 84 valence electrons. The molecule has 0 aromatic heterocycles. The zero-order valence-electron chi connectivity index (χ0n) is 9.84. The molecule has 0 aliphatic carbocycles. The minimum absolute atomic E-state index is 0.266. The second kappa shape index (κ2) is 4.75. The van der Waals surface area contributed by atoms with Crippen LogP contribution in [0.25, 0.3) is 0 Å². The Morgan fingerprint density at radius 3 is 1.79 bits per heavy atom. The van der Waals surface area contributed by atoms with Gasteiger partial charge in [-0.15, -0.1) is 0 Å². The summed E-state index contributed by atoms with van der Waals surface area (Å²) in [6.45, 7) is 5.39. The first-order valence-corrected chi connectivity index (χ1v) is 4.50. The summed E-state index contributed by atoms with van der Waals surface area (Å²) in [6, 6.07) is 0. The molecule has 0 N–H and O–H groups in total. The highest BCUT2D eigenvalue weighted by molar-refractivity contribution is 5.75. The van der Waals surface area contributed by atoms with E-state index in [1.54, 1.807) is 35.0 Å². The average molecular weight is 204 g/mol. The van der Waals surface area contributed by atoms with Crippen molar-refractivity contribution in [3.63, 3.8) is 0 Å². The molecule has 0 saturated heterocycles. The molecule has 0 radical (unpaired) electrons. The lowest BCUT2D eigenvalue weighted by Gasteiger charge is -2.33. The van der Waals surface area contributed by atoms with Gasteiger partial charge in [0, 0.05) is 20.6 Å². The predicted molar refractivity (Wildman–Crippen MR) is 52.8 cm³/mol. The zero-order valence-corrected chi connectivity index (χ0v) is 9.84. The van der Waals surface area contributed by atoms with Crippen molar-refractivity contribution in [3.8, 4) is 0 Å². The van der Waals surface area contributed by atoms with Crippen LogP contribution in [0.4, 0.5) is 0 Å². The molecule has 0 rings (SSSR count). The van der Waals surface area contributed by atoms with Crippen LogP contribution in [0, 0.1) is 5.41 Å². The Morgan fingerprint density at radius 1 is 1.07 bits per heavy atom. The number of esters is 1. The summed E-state index contributed by atoms with van der Waals surface area (Å²) in [5.41, 5.74) is -0.616. The van der Waals surface area contributed by atoms with Crippen LogP contribution in [0.3, 0.4) is 0 Å². The number of hydrogen-bond acceptors (Lipinski definition) is 4. The van der Waals surface area contributed by atoms with Crippen LogP contribution in [-0.2, 0) is 19.0 Å². The number of carbonyl (C=O) groups excluding carboxylic acids is 1. The van der Waals surface area contributed by atoms with E-state index in [2.05, 4.69) is 0 Å². The average Bonchev–Trinajstić information content (AvgIpc) is 2.15. The standard InChI is InChI=1S/C10H20O4/c1-9(2,8(11)12-4)7-10(3,13-5)14-6/h7H2,1-6H3. The van der Waals surface area contributed by atoms with E-state index in [0.29, 0.717) is 6.42 Å². The van der Waals surface area contributed by atoms with Crippen LogP contribution >= 0.6 is 0 Å². The Bertz CT molecular complexity index is 194. The van der Waals surface area contributed by atoms with E-state index in [1.165, 1.54) is 7.11 Å². The maximum Gasteiger partial charge on any atom is 0.311 e. The molecule has 0 spiro atoms. The molecular weight excluding hydrogens is 184 g/mol. The molecule has 0 atom stereocenters. The lowest BCUT2D eigenvalue weighted by molar-refractivity contribution is -0.214. The molecule has 0 aromatic rings. The quantitative estimate of drug-likeness (QED) is 0.504. The lowest BCUT2D eigenvalue weighted by Crippen LogP contribution is -2.39. The van der Waals surface area contributed by atoms with Crippen molar-refractivity contribution in [2.24, 2.45) is 5.41 Å². The monoisotopic (exact) mass is 204 g/mol. The molecule has 0 heterocycles. The summed E-state index contributed by atoms with van der Waals surface area (Å²) < 4.78 is 15.1. The Kier molecular flexibility index (Phi) is 4.55. The fourth-order valence-corrected chi connectivity index (χ4v) is 1.38. The maximum atomic E-state index is 11.4. The third kappa shape index (κ3) is 3.27. The Hall–Kier alpha value is -0.610. The van der Waals surface area contributed by atoms with Crippen molar-refractivity contribution >= 4 is 5.97 Å². The van der Waals surface area contributed by atoms with Crippen molar-refractivity contribution < 1.29 is 19.0 Å². The highest BCUT2D eigenvalue weighted by Crippen LogP contribution is 2.31. The van der Waals surface area contributed by atoms with Gasteiger partial charge >= 0.3 is 5.97 Å². The van der Waals surface area contributed by atoms with E-state index in [-0.39, 0.29) is 5.97 Å². The summed E-state index contributed by atoms with van der Waals surface area (Å²) in [4.78, 5) is 11.4. The van der Waals surface area contributed by atoms with E-state index in [4.69, 9.17) is 14.2 Å². The van der Waals surface area contributed by atoms with Crippen LogP contribution in [0.15, 0.2) is 0 Å². The van der Waals surface area contributed by atoms with E-state index in [1.807, 2.05) is 0 Å². The first kappa shape index (κ1) is 13.4. The van der Waals surface area contributed by atoms with E-state index in [9.17, 15) is 4.79 Å². The van der Waals surface area contributed by atoms with Crippen molar-refractivity contribution in [2.45, 2.75) is 33.0 Å². The molecule has 14 heavy (non-hydrogen) atoms. The van der Waals surface area contributed by atoms with Crippen LogP contribution in [-0.4, -0.2) is 33.1 Å². The largest absolute Gasteiger partial charge is 0.469 e. The molecular formula is C10H20O4. The minimum Gasteiger partial charge on any atom is -0.469 e. The molecule has 0 aliphatic rings. The topological polar surface area (TPSA) is 44.8 Å². The highest BCUT2D eigenvalue weighted by Gasteiger charge is 2.38. The van der Waals surface area contributed by atoms with Crippen molar-refractivity contribution in [2.75, 3.05) is 21.3 Å². The van der Waals surface area contributed by atoms with Crippen LogP contribution < -0.4 is 0 Å². The fourth-order valence-electron chi connectivity index (χ4n) is 1.38. The molecule has 4 heteroatoms. The van der Waals surface area contributed by atoms with Crippen molar-refractivity contribution in [1.82, 2.24) is 0 Å². The van der Waals surface area contributed by atoms with Crippen LogP contribution in [0.2, 0.25) is 0 Å². The molecule has 4 nitrogen and oxygen atoms in total. The predicted octanol–water partition coefficient (Wildman–Crippen LogP) is 1.58. The molecule has 0 aromatic carbocycles. The second-order valence-corrected chi connectivity index (χ2v) is 4.09. The molecule has 0 bridgehead atoms. The van der Waals surface area contributed by atoms with Gasteiger partial charge in [-0.25, -0.2) is 0 Å². The summed E-state index contributed by atoms with van der Waals surface area (Å²) in [6.07, 6.45) is 0.444. The smallest absolute Gasteiger partial charge is 0.311 e. The number of hydrogen-bond donors (Lipinski definition) is 0. The molecule has 0 aliphatic heterocycles. The first-order valence-electron chi connectivity index (χ1n) is 4.50. The maximum absolute atomic E-state index is 11.4. The van der Waals surface area contributed by atoms with Gasteiger partial charge in [-0.2, -0.15) is 0 Å². The van der Waals surface area contributed by atoms with E-state index >= 15 is 0 Å². The third-order valence-electron chi connectivity index (χ3n) is 2.36. The number of rotatable bonds is 5. The first-order chi connectivity index (χ1) is 6.31. The van der Waals surface area contributed by atoms with Gasteiger partial charge in [0.2, 0.25) is 0 Å². The normalized spacial score (nSPS) is 12.7. The highest BCUT2D eigenvalue weighted by atomic mass is 16.7. The van der Waals surface area contributed by atoms with Gasteiger partial charge in [0.15, 0.2) is 5.79 Å². The lowest BCUT2D eigenvalue weighted by atomic mass is 9.85. The number of carbonyl (C=O) groups is 1. The molecule has 0 saturated carbocycles. The Labute approximate surface area is 85.5 Å². The van der Waals surface area contributed by atoms with Gasteiger partial charge in [0.05, 0.1) is 12.5 Å². The SMILES string of the molecule is COC(=O)C(C)(C)CC(C)(OC)OC. The second-order valence-electron chi connectivity index (χ2n) is 4.09. The minimum atomic E-state index is -0.752. The molecule has 0 amide bonds. The molecule has 0 unspecified atom stereocenters. The van der Waals surface area contributed by atoms with Gasteiger partial charge in [-0.3, -0.25) is 4.79 Å². The number of ether oxygens (including phenoxy) is 3. The Morgan fingerprint density at radius 2 is 1.50 bits per heavy atom. The van der Waals surface area contributed by atoms with Crippen LogP contribution in [0.1, 0.15) is 27.2 Å². The summed E-state index contributed by atoms with van der Waals surface area (Å²) in [7, 11) is 4.48. The summed E-state index contributed by atoms with van der Waals surface area (Å²) in [5, 5.41) is 0. The van der Waals surface area contributed by atoms with E-state index in [0.717, 1.165) is 0 Å². The zero-order chi connectivity index (χ0) is 11.4. The van der Waals surface area contributed by atoms with Gasteiger partial charge in [0.1, 0.15) is 0 Å². The summed E-state index contributed by atoms with van der Waals surface area (Å²) in [5.74, 6) is -1.02. The van der Waals surface area contributed by atoms with Gasteiger partial charge in [0.25, 0.3) is 0 Å². The van der Waals surface area contributed by atoms with Crippen molar-refractivity contribution in [3.05, 3.63) is 0 Å². The molecule has 0 fully saturated rings. The number of methoxy groups -OCH3 is 3. The third-order valence-corrected chi connectivity index (χ3v) is 2.36. The Balaban J connectivity index is 4.55. The van der Waals surface area contributed by atoms with Gasteiger partial charge in [-0.05, 0) is 20.8 Å². The van der Waals surface area contributed by atoms with Crippen LogP contribution in [0.5, 0.6) is 0 Å². The van der Waals surface area contributed by atoms with E-state index < -0.39 is 11.2 Å². The fraction of sp³-hybridized carbons (Fsp3) is 0.900. The summed E-state index contributed by atoms with van der Waals surface area (Å²) >= 11 is 0. The van der Waals surface area contributed by atoms with Crippen molar-refractivity contribution in [1.29, 1.82) is 0 Å². The van der Waals surface area contributed by atoms with Gasteiger partial charge in [-0.1, -0.05) is 0 Å².